The fourth-order valence-electron chi connectivity index (χ4n) is 3.36. The van der Waals surface area contributed by atoms with E-state index in [1.54, 1.807) is 0 Å². The standard InChI is InChI=1S/C14H26N2O/c1-12-5-4-9-16(10-6-12)13(17)14(11-15)7-2-3-8-14/h12H,2-11,15H2,1H3. The molecule has 2 fully saturated rings. The Morgan fingerprint density at radius 2 is 1.94 bits per heavy atom. The maximum Gasteiger partial charge on any atom is 0.230 e. The number of hydrogen-bond acceptors (Lipinski definition) is 2. The van der Waals surface area contributed by atoms with E-state index in [0.29, 0.717) is 12.5 Å². The monoisotopic (exact) mass is 238 g/mol. The van der Waals surface area contributed by atoms with Crippen molar-refractivity contribution in [1.29, 1.82) is 0 Å². The molecule has 1 aliphatic heterocycles. The molecule has 1 saturated heterocycles. The Morgan fingerprint density at radius 3 is 2.59 bits per heavy atom. The zero-order valence-electron chi connectivity index (χ0n) is 11.1. The van der Waals surface area contributed by atoms with E-state index in [2.05, 4.69) is 11.8 Å². The Bertz CT molecular complexity index is 271. The molecule has 3 heteroatoms. The van der Waals surface area contributed by atoms with E-state index in [4.69, 9.17) is 5.73 Å². The Morgan fingerprint density at radius 1 is 1.24 bits per heavy atom. The van der Waals surface area contributed by atoms with Crippen LogP contribution in [0.1, 0.15) is 51.9 Å². The number of carbonyl (C=O) groups is 1. The van der Waals surface area contributed by atoms with Gasteiger partial charge in [-0.1, -0.05) is 19.8 Å². The summed E-state index contributed by atoms with van der Waals surface area (Å²) in [6.07, 6.45) is 7.95. The highest BCUT2D eigenvalue weighted by molar-refractivity contribution is 5.83. The number of rotatable bonds is 2. The molecule has 1 unspecified atom stereocenters. The maximum atomic E-state index is 12.7. The third-order valence-corrected chi connectivity index (χ3v) is 4.71. The van der Waals surface area contributed by atoms with Gasteiger partial charge in [0.05, 0.1) is 5.41 Å². The van der Waals surface area contributed by atoms with Gasteiger partial charge in [0.15, 0.2) is 0 Å². The molecule has 17 heavy (non-hydrogen) atoms. The minimum Gasteiger partial charge on any atom is -0.342 e. The van der Waals surface area contributed by atoms with E-state index in [-0.39, 0.29) is 5.41 Å². The molecule has 1 amide bonds. The summed E-state index contributed by atoms with van der Waals surface area (Å²) >= 11 is 0. The van der Waals surface area contributed by atoms with Gasteiger partial charge in [0, 0.05) is 19.6 Å². The second kappa shape index (κ2) is 5.38. The number of carbonyl (C=O) groups excluding carboxylic acids is 1. The summed E-state index contributed by atoms with van der Waals surface area (Å²) < 4.78 is 0. The highest BCUT2D eigenvalue weighted by Gasteiger charge is 2.42. The van der Waals surface area contributed by atoms with E-state index in [0.717, 1.165) is 44.7 Å². The normalized spacial score (nSPS) is 29.1. The first-order valence-electron chi connectivity index (χ1n) is 7.17. The van der Waals surface area contributed by atoms with Gasteiger partial charge < -0.3 is 10.6 Å². The number of nitrogens with zero attached hydrogens (tertiary/aromatic N) is 1. The van der Waals surface area contributed by atoms with Gasteiger partial charge in [0.2, 0.25) is 5.91 Å². The lowest BCUT2D eigenvalue weighted by Gasteiger charge is -2.33. The van der Waals surface area contributed by atoms with E-state index >= 15 is 0 Å². The molecule has 1 saturated carbocycles. The lowest BCUT2D eigenvalue weighted by molar-refractivity contribution is -0.141. The van der Waals surface area contributed by atoms with Gasteiger partial charge in [-0.05, 0) is 38.0 Å². The number of likely N-dealkylation sites (tertiary alicyclic amines) is 1. The van der Waals surface area contributed by atoms with Crippen molar-refractivity contribution in [2.24, 2.45) is 17.1 Å². The van der Waals surface area contributed by atoms with Crippen molar-refractivity contribution >= 4 is 5.91 Å². The second-order valence-corrected chi connectivity index (χ2v) is 6.02. The van der Waals surface area contributed by atoms with Crippen LogP contribution in [0.2, 0.25) is 0 Å². The molecule has 0 aromatic rings. The van der Waals surface area contributed by atoms with Crippen LogP contribution in [0.3, 0.4) is 0 Å². The van der Waals surface area contributed by atoms with Crippen LogP contribution in [0.4, 0.5) is 0 Å². The summed E-state index contributed by atoms with van der Waals surface area (Å²) in [7, 11) is 0. The minimum atomic E-state index is -0.201. The third kappa shape index (κ3) is 2.65. The van der Waals surface area contributed by atoms with Crippen LogP contribution >= 0.6 is 0 Å². The topological polar surface area (TPSA) is 46.3 Å². The summed E-state index contributed by atoms with van der Waals surface area (Å²) in [5, 5.41) is 0. The van der Waals surface area contributed by atoms with Crippen LogP contribution < -0.4 is 5.73 Å². The van der Waals surface area contributed by atoms with Crippen LogP contribution in [0.15, 0.2) is 0 Å². The summed E-state index contributed by atoms with van der Waals surface area (Å²) in [5.41, 5.74) is 5.69. The van der Waals surface area contributed by atoms with Crippen LogP contribution in [-0.2, 0) is 4.79 Å². The number of hydrogen-bond donors (Lipinski definition) is 1. The Hall–Kier alpha value is -0.570. The Labute approximate surface area is 105 Å². The van der Waals surface area contributed by atoms with Crippen molar-refractivity contribution in [1.82, 2.24) is 4.90 Å². The molecule has 1 atom stereocenters. The summed E-state index contributed by atoms with van der Waals surface area (Å²) in [6, 6.07) is 0. The SMILES string of the molecule is CC1CCCN(C(=O)C2(CN)CCCC2)CC1. The molecular formula is C14H26N2O. The van der Waals surface area contributed by atoms with Crippen molar-refractivity contribution in [3.05, 3.63) is 0 Å². The van der Waals surface area contributed by atoms with Gasteiger partial charge in [0.1, 0.15) is 0 Å². The molecule has 1 aliphatic carbocycles. The summed E-state index contributed by atoms with van der Waals surface area (Å²) in [4.78, 5) is 14.8. The number of nitrogens with two attached hydrogens (primary N) is 1. The zero-order valence-corrected chi connectivity index (χ0v) is 11.1. The largest absolute Gasteiger partial charge is 0.342 e. The Kier molecular flexibility index (Phi) is 4.08. The van der Waals surface area contributed by atoms with E-state index < -0.39 is 0 Å². The van der Waals surface area contributed by atoms with Crippen LogP contribution in [-0.4, -0.2) is 30.4 Å². The summed E-state index contributed by atoms with van der Waals surface area (Å²) in [6.45, 7) is 4.73. The first-order chi connectivity index (χ1) is 8.18. The molecule has 0 aromatic carbocycles. The van der Waals surface area contributed by atoms with Crippen molar-refractivity contribution in [2.45, 2.75) is 51.9 Å². The lowest BCUT2D eigenvalue weighted by Crippen LogP contribution is -2.47. The van der Waals surface area contributed by atoms with Crippen molar-refractivity contribution in [3.63, 3.8) is 0 Å². The van der Waals surface area contributed by atoms with Gasteiger partial charge >= 0.3 is 0 Å². The van der Waals surface area contributed by atoms with E-state index in [1.807, 2.05) is 0 Å². The van der Waals surface area contributed by atoms with Crippen molar-refractivity contribution in [2.75, 3.05) is 19.6 Å². The predicted octanol–water partition coefficient (Wildman–Crippen LogP) is 2.15. The maximum absolute atomic E-state index is 12.7. The molecule has 1 heterocycles. The zero-order chi connectivity index (χ0) is 12.3. The van der Waals surface area contributed by atoms with Crippen LogP contribution in [0.25, 0.3) is 0 Å². The first-order valence-corrected chi connectivity index (χ1v) is 7.17. The van der Waals surface area contributed by atoms with Gasteiger partial charge in [-0.2, -0.15) is 0 Å². The van der Waals surface area contributed by atoms with Crippen LogP contribution in [0, 0.1) is 11.3 Å². The van der Waals surface area contributed by atoms with Gasteiger partial charge in [-0.25, -0.2) is 0 Å². The highest BCUT2D eigenvalue weighted by Crippen LogP contribution is 2.39. The van der Waals surface area contributed by atoms with E-state index in [1.165, 1.54) is 19.3 Å². The lowest BCUT2D eigenvalue weighted by atomic mass is 9.84. The average Bonchev–Trinajstić information content (AvgIpc) is 2.73. The van der Waals surface area contributed by atoms with Gasteiger partial charge in [-0.15, -0.1) is 0 Å². The first kappa shape index (κ1) is 12.9. The molecule has 2 rings (SSSR count). The summed E-state index contributed by atoms with van der Waals surface area (Å²) in [5.74, 6) is 1.12. The van der Waals surface area contributed by atoms with Gasteiger partial charge in [-0.3, -0.25) is 4.79 Å². The van der Waals surface area contributed by atoms with Gasteiger partial charge in [0.25, 0.3) is 0 Å². The molecule has 0 radical (unpaired) electrons. The predicted molar refractivity (Wildman–Crippen MR) is 69.6 cm³/mol. The molecule has 2 aliphatic rings. The molecule has 0 aromatic heterocycles. The smallest absolute Gasteiger partial charge is 0.230 e. The average molecular weight is 238 g/mol. The van der Waals surface area contributed by atoms with E-state index in [9.17, 15) is 4.79 Å². The fourth-order valence-corrected chi connectivity index (χ4v) is 3.36. The fraction of sp³-hybridized carbons (Fsp3) is 0.929. The molecule has 0 bridgehead atoms. The quantitative estimate of drug-likeness (QED) is 0.801. The molecular weight excluding hydrogens is 212 g/mol. The number of amides is 1. The molecule has 2 N–H and O–H groups in total. The molecule has 0 spiro atoms. The van der Waals surface area contributed by atoms with Crippen LogP contribution in [0.5, 0.6) is 0 Å². The third-order valence-electron chi connectivity index (χ3n) is 4.71. The van der Waals surface area contributed by atoms with Crippen molar-refractivity contribution in [3.8, 4) is 0 Å². The van der Waals surface area contributed by atoms with Crippen molar-refractivity contribution < 1.29 is 4.79 Å². The Balaban J connectivity index is 2.02. The highest BCUT2D eigenvalue weighted by atomic mass is 16.2. The minimum absolute atomic E-state index is 0.201. The molecule has 98 valence electrons. The molecule has 3 nitrogen and oxygen atoms in total. The second-order valence-electron chi connectivity index (χ2n) is 6.02.